The van der Waals surface area contributed by atoms with E-state index in [1.165, 1.54) is 12.3 Å². The van der Waals surface area contributed by atoms with E-state index in [-0.39, 0.29) is 33.9 Å². The van der Waals surface area contributed by atoms with Crippen LogP contribution in [0.1, 0.15) is 55.2 Å². The van der Waals surface area contributed by atoms with Gasteiger partial charge in [-0.15, -0.1) is 0 Å². The van der Waals surface area contributed by atoms with Crippen molar-refractivity contribution in [3.63, 3.8) is 0 Å². The summed E-state index contributed by atoms with van der Waals surface area (Å²) in [4.78, 5) is 41.0. The van der Waals surface area contributed by atoms with Crippen LogP contribution in [0.5, 0.6) is 0 Å². The van der Waals surface area contributed by atoms with Crippen LogP contribution in [-0.4, -0.2) is 29.0 Å². The highest BCUT2D eigenvalue weighted by Crippen LogP contribution is 2.32. The Labute approximate surface area is 120 Å². The molecule has 1 aliphatic carbocycles. The summed E-state index contributed by atoms with van der Waals surface area (Å²) in [6.45, 7) is 3.74. The summed E-state index contributed by atoms with van der Waals surface area (Å²) >= 11 is 0. The molecule has 0 fully saturated rings. The first kappa shape index (κ1) is 13.2. The zero-order valence-corrected chi connectivity index (χ0v) is 11.5. The molecule has 0 bridgehead atoms. The molecule has 2 aromatic heterocycles. The lowest BCUT2D eigenvalue weighted by molar-refractivity contribution is 0.0939. The minimum atomic E-state index is -0.473. The Morgan fingerprint density at radius 2 is 2.10 bits per heavy atom. The largest absolute Gasteiger partial charge is 0.456 e. The van der Waals surface area contributed by atoms with Crippen molar-refractivity contribution in [3.05, 3.63) is 52.2 Å². The molecule has 2 aromatic rings. The number of hydrogen-bond donors (Lipinski definition) is 1. The first-order valence-electron chi connectivity index (χ1n) is 6.52. The molecule has 0 atom stereocenters. The number of furan rings is 1. The van der Waals surface area contributed by atoms with Crippen molar-refractivity contribution < 1.29 is 18.8 Å². The maximum Gasteiger partial charge on any atom is 0.255 e. The van der Waals surface area contributed by atoms with Crippen LogP contribution in [0.2, 0.25) is 0 Å². The van der Waals surface area contributed by atoms with Gasteiger partial charge in [0, 0.05) is 12.7 Å². The van der Waals surface area contributed by atoms with Gasteiger partial charge in [-0.05, 0) is 26.0 Å². The van der Waals surface area contributed by atoms with Gasteiger partial charge in [0.15, 0.2) is 11.5 Å². The maximum atomic E-state index is 12.6. The molecular formula is C15H12N2O4. The van der Waals surface area contributed by atoms with Crippen molar-refractivity contribution >= 4 is 17.5 Å². The average molecular weight is 284 g/mol. The SMILES string of the molecule is CCNC(=O)c1c(C)oc2c1C(=O)c1cccnc1C2=O. The molecule has 0 radical (unpaired) electrons. The lowest BCUT2D eigenvalue weighted by Gasteiger charge is -2.12. The lowest BCUT2D eigenvalue weighted by Crippen LogP contribution is -2.27. The summed E-state index contributed by atoms with van der Waals surface area (Å²) in [7, 11) is 0. The second-order valence-corrected chi connectivity index (χ2v) is 4.65. The number of hydrogen-bond acceptors (Lipinski definition) is 5. The molecule has 0 aromatic carbocycles. The molecule has 106 valence electrons. The van der Waals surface area contributed by atoms with E-state index in [4.69, 9.17) is 4.42 Å². The van der Waals surface area contributed by atoms with Crippen molar-refractivity contribution in [1.82, 2.24) is 10.3 Å². The Morgan fingerprint density at radius 3 is 2.81 bits per heavy atom. The first-order valence-corrected chi connectivity index (χ1v) is 6.52. The number of aromatic nitrogens is 1. The number of nitrogens with zero attached hydrogens (tertiary/aromatic N) is 1. The number of amides is 1. The third-order valence-electron chi connectivity index (χ3n) is 3.35. The van der Waals surface area contributed by atoms with Crippen molar-refractivity contribution in [3.8, 4) is 0 Å². The number of fused-ring (bicyclic) bond motifs is 2. The maximum absolute atomic E-state index is 12.6. The predicted molar refractivity (Wildman–Crippen MR) is 72.6 cm³/mol. The van der Waals surface area contributed by atoms with Crippen LogP contribution >= 0.6 is 0 Å². The van der Waals surface area contributed by atoms with Crippen LogP contribution in [0.3, 0.4) is 0 Å². The van der Waals surface area contributed by atoms with Gasteiger partial charge >= 0.3 is 0 Å². The second-order valence-electron chi connectivity index (χ2n) is 4.65. The van der Waals surface area contributed by atoms with Crippen LogP contribution in [-0.2, 0) is 0 Å². The van der Waals surface area contributed by atoms with Gasteiger partial charge in [-0.2, -0.15) is 0 Å². The molecule has 0 spiro atoms. The summed E-state index contributed by atoms with van der Waals surface area (Å²) in [5, 5.41) is 2.62. The number of carbonyl (C=O) groups is 3. The summed E-state index contributed by atoms with van der Waals surface area (Å²) in [5.74, 6) is -1.16. The molecule has 6 nitrogen and oxygen atoms in total. The molecule has 0 unspecified atom stereocenters. The highest BCUT2D eigenvalue weighted by atomic mass is 16.4. The van der Waals surface area contributed by atoms with Crippen molar-refractivity contribution in [2.45, 2.75) is 13.8 Å². The summed E-state index contributed by atoms with van der Waals surface area (Å²) in [6.07, 6.45) is 1.44. The van der Waals surface area contributed by atoms with Gasteiger partial charge in [-0.3, -0.25) is 19.4 Å². The summed E-state index contributed by atoms with van der Waals surface area (Å²) in [5.41, 5.74) is 0.413. The fourth-order valence-corrected chi connectivity index (χ4v) is 2.46. The first-order chi connectivity index (χ1) is 10.1. The zero-order valence-electron chi connectivity index (χ0n) is 11.5. The highest BCUT2D eigenvalue weighted by molar-refractivity contribution is 6.29. The topological polar surface area (TPSA) is 89.3 Å². The van der Waals surface area contributed by atoms with E-state index in [0.29, 0.717) is 6.54 Å². The van der Waals surface area contributed by atoms with Crippen LogP contribution in [0.15, 0.2) is 22.7 Å². The van der Waals surface area contributed by atoms with Crippen LogP contribution in [0.25, 0.3) is 0 Å². The average Bonchev–Trinajstić information content (AvgIpc) is 2.83. The molecule has 1 N–H and O–H groups in total. The van der Waals surface area contributed by atoms with Gasteiger partial charge in [-0.25, -0.2) is 0 Å². The zero-order chi connectivity index (χ0) is 15.1. The van der Waals surface area contributed by atoms with Crippen molar-refractivity contribution in [2.24, 2.45) is 0 Å². The minimum absolute atomic E-state index is 0.0314. The quantitative estimate of drug-likeness (QED) is 0.770. The molecule has 21 heavy (non-hydrogen) atoms. The molecule has 0 saturated carbocycles. The van der Waals surface area contributed by atoms with E-state index in [2.05, 4.69) is 10.3 Å². The monoisotopic (exact) mass is 284 g/mol. The van der Waals surface area contributed by atoms with Crippen LogP contribution < -0.4 is 5.32 Å². The van der Waals surface area contributed by atoms with E-state index >= 15 is 0 Å². The highest BCUT2D eigenvalue weighted by Gasteiger charge is 2.39. The van der Waals surface area contributed by atoms with Gasteiger partial charge in [0.25, 0.3) is 5.91 Å². The summed E-state index contributed by atoms with van der Waals surface area (Å²) < 4.78 is 5.37. The number of carbonyl (C=O) groups excluding carboxylic acids is 3. The Bertz CT molecular complexity index is 789. The number of ketones is 2. The Kier molecular flexibility index (Phi) is 2.94. The molecule has 1 amide bonds. The number of aryl methyl sites for hydroxylation is 1. The molecule has 6 heteroatoms. The Balaban J connectivity index is 2.24. The van der Waals surface area contributed by atoms with E-state index in [1.807, 2.05) is 0 Å². The van der Waals surface area contributed by atoms with E-state index < -0.39 is 17.5 Å². The summed E-state index contributed by atoms with van der Waals surface area (Å²) in [6, 6.07) is 3.10. The van der Waals surface area contributed by atoms with E-state index in [0.717, 1.165) is 0 Å². The van der Waals surface area contributed by atoms with Gasteiger partial charge in [0.1, 0.15) is 11.5 Å². The lowest BCUT2D eigenvalue weighted by atomic mass is 9.89. The smallest absolute Gasteiger partial charge is 0.255 e. The fourth-order valence-electron chi connectivity index (χ4n) is 2.46. The molecule has 1 aliphatic rings. The van der Waals surface area contributed by atoms with Crippen LogP contribution in [0.4, 0.5) is 0 Å². The fraction of sp³-hybridized carbons (Fsp3) is 0.200. The number of rotatable bonds is 2. The second kappa shape index (κ2) is 4.66. The third-order valence-corrected chi connectivity index (χ3v) is 3.35. The van der Waals surface area contributed by atoms with Gasteiger partial charge in [-0.1, -0.05) is 0 Å². The van der Waals surface area contributed by atoms with Gasteiger partial charge in [0.05, 0.1) is 16.7 Å². The van der Waals surface area contributed by atoms with E-state index in [9.17, 15) is 14.4 Å². The number of nitrogens with one attached hydrogen (secondary N) is 1. The van der Waals surface area contributed by atoms with Crippen LogP contribution in [0, 0.1) is 6.92 Å². The van der Waals surface area contributed by atoms with Crippen molar-refractivity contribution in [1.29, 1.82) is 0 Å². The molecule has 3 rings (SSSR count). The van der Waals surface area contributed by atoms with Crippen molar-refractivity contribution in [2.75, 3.05) is 6.54 Å². The number of pyridine rings is 1. The Morgan fingerprint density at radius 1 is 1.33 bits per heavy atom. The normalized spacial score (nSPS) is 12.9. The third kappa shape index (κ3) is 1.79. The predicted octanol–water partition coefficient (Wildman–Crippen LogP) is 1.51. The minimum Gasteiger partial charge on any atom is -0.456 e. The Hall–Kier alpha value is -2.76. The molecule has 0 aliphatic heterocycles. The molecular weight excluding hydrogens is 272 g/mol. The van der Waals surface area contributed by atoms with Gasteiger partial charge in [0.2, 0.25) is 5.78 Å². The standard InChI is InChI=1S/C15H12N2O4/c1-3-16-15(20)9-7(2)21-14-10(9)12(18)8-5-4-6-17-11(8)13(14)19/h4-6H,3H2,1-2H3,(H,16,20). The molecule has 2 heterocycles. The molecule has 0 saturated heterocycles. The van der Waals surface area contributed by atoms with E-state index in [1.54, 1.807) is 19.9 Å². The van der Waals surface area contributed by atoms with Gasteiger partial charge < -0.3 is 9.73 Å².